The molecular formula is C7H6F3N5O. The smallest absolute Gasteiger partial charge is 0.284 e. The van der Waals surface area contributed by atoms with E-state index in [2.05, 4.69) is 15.1 Å². The van der Waals surface area contributed by atoms with Crippen LogP contribution < -0.4 is 0 Å². The number of nitrogens with zero attached hydrogens (tertiary/aromatic N) is 5. The lowest BCUT2D eigenvalue weighted by Crippen LogP contribution is -2.22. The average molecular weight is 233 g/mol. The van der Waals surface area contributed by atoms with Crippen molar-refractivity contribution in [2.75, 3.05) is 6.54 Å². The first-order valence-corrected chi connectivity index (χ1v) is 4.10. The van der Waals surface area contributed by atoms with E-state index in [-0.39, 0.29) is 13.1 Å². The summed E-state index contributed by atoms with van der Waals surface area (Å²) in [5, 5.41) is 6.72. The molecule has 0 aliphatic rings. The third-order valence-electron chi connectivity index (χ3n) is 1.65. The Kier molecular flexibility index (Phi) is 3.51. The van der Waals surface area contributed by atoms with Crippen LogP contribution in [0.2, 0.25) is 0 Å². The molecule has 0 aromatic carbocycles. The fourth-order valence-corrected chi connectivity index (χ4v) is 0.959. The van der Waals surface area contributed by atoms with Gasteiger partial charge in [0.05, 0.1) is 11.8 Å². The summed E-state index contributed by atoms with van der Waals surface area (Å²) in [7, 11) is 0. The highest BCUT2D eigenvalue weighted by atomic mass is 19.4. The molecule has 0 saturated heterocycles. The number of carbonyl (C=O) groups is 1. The van der Waals surface area contributed by atoms with Crippen molar-refractivity contribution in [3.05, 3.63) is 28.4 Å². The number of alkyl halides is 3. The van der Waals surface area contributed by atoms with Crippen molar-refractivity contribution in [1.82, 2.24) is 9.78 Å². The highest BCUT2D eigenvalue weighted by molar-refractivity contribution is 5.99. The van der Waals surface area contributed by atoms with Gasteiger partial charge in [0.2, 0.25) is 0 Å². The lowest BCUT2D eigenvalue weighted by atomic mass is 10.2. The quantitative estimate of drug-likeness (QED) is 0.344. The van der Waals surface area contributed by atoms with Gasteiger partial charge >= 0.3 is 6.18 Å². The van der Waals surface area contributed by atoms with E-state index < -0.39 is 17.5 Å². The molecule has 0 aliphatic heterocycles. The van der Waals surface area contributed by atoms with Crippen molar-refractivity contribution in [2.24, 2.45) is 5.11 Å². The van der Waals surface area contributed by atoms with Gasteiger partial charge in [-0.1, -0.05) is 5.11 Å². The maximum absolute atomic E-state index is 12.0. The largest absolute Gasteiger partial charge is 0.454 e. The summed E-state index contributed by atoms with van der Waals surface area (Å²) < 4.78 is 37.1. The molecule has 6 nitrogen and oxygen atoms in total. The van der Waals surface area contributed by atoms with E-state index in [0.29, 0.717) is 0 Å². The van der Waals surface area contributed by atoms with Gasteiger partial charge in [-0.2, -0.15) is 18.3 Å². The number of hydrogen-bond donors (Lipinski definition) is 0. The zero-order chi connectivity index (χ0) is 12.2. The molecule has 0 saturated carbocycles. The number of azide groups is 1. The van der Waals surface area contributed by atoms with E-state index in [4.69, 9.17) is 5.53 Å². The lowest BCUT2D eigenvalue weighted by Gasteiger charge is -2.01. The number of halogens is 3. The Balaban J connectivity index is 2.71. The molecule has 1 rings (SSSR count). The second-order valence-electron chi connectivity index (χ2n) is 2.77. The standard InChI is InChI=1S/C7H6F3N5O/c8-7(9,10)6(16)5-3-13-15(4-5)2-1-12-14-11/h3-4H,1-2H2. The normalized spacial score (nSPS) is 10.9. The fraction of sp³-hybridized carbons (Fsp3) is 0.429. The maximum atomic E-state index is 12.0. The molecule has 1 aromatic heterocycles. The third kappa shape index (κ3) is 2.99. The van der Waals surface area contributed by atoms with Crippen LogP contribution in [0.15, 0.2) is 17.5 Å². The monoisotopic (exact) mass is 233 g/mol. The molecule has 16 heavy (non-hydrogen) atoms. The topological polar surface area (TPSA) is 83.7 Å². The molecule has 0 amide bonds. The third-order valence-corrected chi connectivity index (χ3v) is 1.65. The molecule has 0 radical (unpaired) electrons. The molecule has 0 spiro atoms. The zero-order valence-electron chi connectivity index (χ0n) is 7.85. The zero-order valence-corrected chi connectivity index (χ0v) is 7.85. The molecular weight excluding hydrogens is 227 g/mol. The predicted molar refractivity (Wildman–Crippen MR) is 46.6 cm³/mol. The van der Waals surface area contributed by atoms with Gasteiger partial charge < -0.3 is 0 Å². The highest BCUT2D eigenvalue weighted by Crippen LogP contribution is 2.20. The van der Waals surface area contributed by atoms with Gasteiger partial charge in [-0.05, 0) is 5.53 Å². The van der Waals surface area contributed by atoms with Crippen molar-refractivity contribution in [3.8, 4) is 0 Å². The van der Waals surface area contributed by atoms with E-state index >= 15 is 0 Å². The Morgan fingerprint density at radius 1 is 1.62 bits per heavy atom. The molecule has 1 heterocycles. The Hall–Kier alpha value is -2.02. The van der Waals surface area contributed by atoms with E-state index in [1.165, 1.54) is 0 Å². The van der Waals surface area contributed by atoms with Crippen LogP contribution in [0.5, 0.6) is 0 Å². The SMILES string of the molecule is [N-]=[N+]=NCCn1cc(C(=O)C(F)(F)F)cn1. The summed E-state index contributed by atoms with van der Waals surface area (Å²) in [6.07, 6.45) is -3.12. The van der Waals surface area contributed by atoms with Crippen LogP contribution in [0.3, 0.4) is 0 Å². The van der Waals surface area contributed by atoms with Gasteiger partial charge in [-0.25, -0.2) is 0 Å². The predicted octanol–water partition coefficient (Wildman–Crippen LogP) is 1.94. The summed E-state index contributed by atoms with van der Waals surface area (Å²) in [6, 6.07) is 0. The molecule has 0 N–H and O–H groups in total. The first kappa shape index (κ1) is 12.1. The van der Waals surface area contributed by atoms with Gasteiger partial charge in [0.15, 0.2) is 0 Å². The van der Waals surface area contributed by atoms with Gasteiger partial charge in [0.25, 0.3) is 5.78 Å². The van der Waals surface area contributed by atoms with E-state index in [1.54, 1.807) is 0 Å². The summed E-state index contributed by atoms with van der Waals surface area (Å²) >= 11 is 0. The Bertz CT molecular complexity index is 431. The van der Waals surface area contributed by atoms with Crippen LogP contribution in [0, 0.1) is 0 Å². The van der Waals surface area contributed by atoms with Gasteiger partial charge in [0.1, 0.15) is 0 Å². The van der Waals surface area contributed by atoms with E-state index in [0.717, 1.165) is 17.1 Å². The van der Waals surface area contributed by atoms with Crippen molar-refractivity contribution in [2.45, 2.75) is 12.7 Å². The second kappa shape index (κ2) is 4.67. The Morgan fingerprint density at radius 2 is 2.31 bits per heavy atom. The van der Waals surface area contributed by atoms with Gasteiger partial charge in [-0.15, -0.1) is 0 Å². The van der Waals surface area contributed by atoms with Crippen LogP contribution in [0.25, 0.3) is 10.4 Å². The van der Waals surface area contributed by atoms with Gasteiger partial charge in [-0.3, -0.25) is 9.48 Å². The molecule has 0 bridgehead atoms. The lowest BCUT2D eigenvalue weighted by molar-refractivity contribution is -0.0885. The Labute approximate surface area is 87.3 Å². The minimum Gasteiger partial charge on any atom is -0.284 e. The maximum Gasteiger partial charge on any atom is 0.454 e. The molecule has 0 atom stereocenters. The molecule has 86 valence electrons. The minimum atomic E-state index is -4.90. The summed E-state index contributed by atoms with van der Waals surface area (Å²) in [6.45, 7) is 0.174. The second-order valence-corrected chi connectivity index (χ2v) is 2.77. The number of aromatic nitrogens is 2. The van der Waals surface area contributed by atoms with E-state index in [1.807, 2.05) is 0 Å². The first-order valence-electron chi connectivity index (χ1n) is 4.10. The molecule has 0 unspecified atom stereocenters. The van der Waals surface area contributed by atoms with Crippen LogP contribution in [-0.4, -0.2) is 28.3 Å². The molecule has 1 aromatic rings. The van der Waals surface area contributed by atoms with Crippen molar-refractivity contribution in [3.63, 3.8) is 0 Å². The van der Waals surface area contributed by atoms with Gasteiger partial charge in [0, 0.05) is 24.2 Å². The highest BCUT2D eigenvalue weighted by Gasteiger charge is 2.39. The fourth-order valence-electron chi connectivity index (χ4n) is 0.959. The number of carbonyl (C=O) groups excluding carboxylic acids is 1. The van der Waals surface area contributed by atoms with E-state index in [9.17, 15) is 18.0 Å². The van der Waals surface area contributed by atoms with Crippen molar-refractivity contribution in [1.29, 1.82) is 0 Å². The van der Waals surface area contributed by atoms with Crippen LogP contribution in [0.4, 0.5) is 13.2 Å². The molecule has 0 aliphatic carbocycles. The van der Waals surface area contributed by atoms with Crippen LogP contribution >= 0.6 is 0 Å². The summed E-state index contributed by atoms with van der Waals surface area (Å²) in [5.74, 6) is -1.94. The number of rotatable bonds is 4. The molecule has 9 heteroatoms. The number of ketones is 1. The average Bonchev–Trinajstić information content (AvgIpc) is 2.64. The summed E-state index contributed by atoms with van der Waals surface area (Å²) in [5.41, 5.74) is 7.44. The Morgan fingerprint density at radius 3 is 2.88 bits per heavy atom. The van der Waals surface area contributed by atoms with Crippen molar-refractivity contribution < 1.29 is 18.0 Å². The number of Topliss-reactive ketones (excluding diaryl/α,β-unsaturated/α-hetero) is 1. The first-order chi connectivity index (χ1) is 7.45. The van der Waals surface area contributed by atoms with Crippen molar-refractivity contribution >= 4 is 5.78 Å². The number of hydrogen-bond acceptors (Lipinski definition) is 3. The molecule has 0 fully saturated rings. The minimum absolute atomic E-state index is 0.0534. The van der Waals surface area contributed by atoms with Crippen LogP contribution in [-0.2, 0) is 6.54 Å². The van der Waals surface area contributed by atoms with Crippen LogP contribution in [0.1, 0.15) is 10.4 Å². The summed E-state index contributed by atoms with van der Waals surface area (Å²) in [4.78, 5) is 13.2.